The molecule has 0 spiro atoms. The van der Waals surface area contributed by atoms with Crippen LogP contribution in [0.5, 0.6) is 0 Å². The van der Waals surface area contributed by atoms with Gasteiger partial charge in [0.25, 0.3) is 0 Å². The fraction of sp³-hybridized carbons (Fsp3) is 0.833. The van der Waals surface area contributed by atoms with Crippen LogP contribution in [-0.2, 0) is 4.79 Å². The van der Waals surface area contributed by atoms with Gasteiger partial charge < -0.3 is 20.0 Å². The molecule has 3 atom stereocenters. The summed E-state index contributed by atoms with van der Waals surface area (Å²) in [4.78, 5) is 26.5. The summed E-state index contributed by atoms with van der Waals surface area (Å²) in [6, 6.07) is -0.904. The average Bonchev–Trinajstić information content (AvgIpc) is 2.93. The van der Waals surface area contributed by atoms with Crippen LogP contribution < -0.4 is 0 Å². The van der Waals surface area contributed by atoms with Crippen LogP contribution in [0.25, 0.3) is 0 Å². The summed E-state index contributed by atoms with van der Waals surface area (Å²) < 4.78 is 0. The number of hydrogen-bond acceptors (Lipinski definition) is 3. The predicted molar refractivity (Wildman–Crippen MR) is 64.2 cm³/mol. The second kappa shape index (κ2) is 5.14. The molecule has 2 aliphatic rings. The standard InChI is InChI=1S/C12H20N2O4/c1-2-8-4-3-5-13(8)12(18)14-7-9(15)6-10(14)11(16)17/h8-10,15H,2-7H2,1H3,(H,16,17). The summed E-state index contributed by atoms with van der Waals surface area (Å²) in [6.45, 7) is 2.85. The van der Waals surface area contributed by atoms with Crippen LogP contribution in [-0.4, -0.2) is 63.3 Å². The number of carbonyl (C=O) groups is 2. The topological polar surface area (TPSA) is 81.1 Å². The minimum atomic E-state index is -1.04. The number of aliphatic hydroxyl groups is 1. The van der Waals surface area contributed by atoms with E-state index in [0.717, 1.165) is 19.3 Å². The monoisotopic (exact) mass is 256 g/mol. The Morgan fingerprint density at radius 2 is 2.06 bits per heavy atom. The zero-order chi connectivity index (χ0) is 13.3. The highest BCUT2D eigenvalue weighted by molar-refractivity contribution is 5.83. The molecule has 0 bridgehead atoms. The van der Waals surface area contributed by atoms with Gasteiger partial charge in [0.15, 0.2) is 0 Å². The van der Waals surface area contributed by atoms with Crippen LogP contribution in [0.4, 0.5) is 4.79 Å². The Labute approximate surface area is 106 Å². The molecule has 2 rings (SSSR count). The minimum Gasteiger partial charge on any atom is -0.480 e. The third-order valence-corrected chi connectivity index (χ3v) is 3.90. The number of β-amino-alcohol motifs (C(OH)–C–C–N with tert-alkyl or cyclic N) is 1. The highest BCUT2D eigenvalue weighted by Gasteiger charge is 2.42. The Morgan fingerprint density at radius 3 is 2.67 bits per heavy atom. The van der Waals surface area contributed by atoms with Crippen molar-refractivity contribution in [2.24, 2.45) is 0 Å². The lowest BCUT2D eigenvalue weighted by Gasteiger charge is -2.31. The first-order valence-corrected chi connectivity index (χ1v) is 6.52. The molecule has 0 saturated carbocycles. The summed E-state index contributed by atoms with van der Waals surface area (Å²) in [6.07, 6.45) is 2.25. The summed E-state index contributed by atoms with van der Waals surface area (Å²) >= 11 is 0. The van der Waals surface area contributed by atoms with Gasteiger partial charge in [-0.25, -0.2) is 9.59 Å². The fourth-order valence-electron chi connectivity index (χ4n) is 2.94. The molecule has 2 heterocycles. The van der Waals surface area contributed by atoms with E-state index < -0.39 is 18.1 Å². The zero-order valence-electron chi connectivity index (χ0n) is 10.6. The highest BCUT2D eigenvalue weighted by Crippen LogP contribution is 2.25. The Hall–Kier alpha value is -1.30. The van der Waals surface area contributed by atoms with Gasteiger partial charge in [-0.15, -0.1) is 0 Å². The molecule has 18 heavy (non-hydrogen) atoms. The minimum absolute atomic E-state index is 0.128. The van der Waals surface area contributed by atoms with E-state index in [9.17, 15) is 14.7 Å². The molecule has 0 aromatic heterocycles. The van der Waals surface area contributed by atoms with E-state index in [0.29, 0.717) is 6.54 Å². The Kier molecular flexibility index (Phi) is 3.75. The Morgan fingerprint density at radius 1 is 1.33 bits per heavy atom. The van der Waals surface area contributed by atoms with E-state index in [1.807, 2.05) is 6.92 Å². The molecule has 6 nitrogen and oxygen atoms in total. The number of nitrogens with zero attached hydrogens (tertiary/aromatic N) is 2. The van der Waals surface area contributed by atoms with Crippen LogP contribution in [0, 0.1) is 0 Å². The van der Waals surface area contributed by atoms with E-state index in [1.165, 1.54) is 4.90 Å². The second-order valence-electron chi connectivity index (χ2n) is 5.08. The number of carboxylic acid groups (broad SMARTS) is 1. The van der Waals surface area contributed by atoms with Crippen LogP contribution in [0.1, 0.15) is 32.6 Å². The molecule has 2 amide bonds. The molecule has 2 aliphatic heterocycles. The average molecular weight is 256 g/mol. The van der Waals surface area contributed by atoms with E-state index in [2.05, 4.69) is 0 Å². The van der Waals surface area contributed by atoms with Crippen LogP contribution >= 0.6 is 0 Å². The van der Waals surface area contributed by atoms with Crippen molar-refractivity contribution in [1.82, 2.24) is 9.80 Å². The van der Waals surface area contributed by atoms with E-state index >= 15 is 0 Å². The van der Waals surface area contributed by atoms with Gasteiger partial charge in [-0.3, -0.25) is 0 Å². The maximum Gasteiger partial charge on any atom is 0.326 e. The molecule has 2 saturated heterocycles. The third-order valence-electron chi connectivity index (χ3n) is 3.90. The molecule has 2 fully saturated rings. The van der Waals surface area contributed by atoms with E-state index in [-0.39, 0.29) is 25.0 Å². The van der Waals surface area contributed by atoms with Gasteiger partial charge in [0.2, 0.25) is 0 Å². The number of hydrogen-bond donors (Lipinski definition) is 2. The maximum atomic E-state index is 12.4. The lowest BCUT2D eigenvalue weighted by molar-refractivity contribution is -0.141. The van der Waals surface area contributed by atoms with Gasteiger partial charge in [0.05, 0.1) is 6.10 Å². The first-order valence-electron chi connectivity index (χ1n) is 6.52. The number of aliphatic carboxylic acids is 1. The van der Waals surface area contributed by atoms with Crippen molar-refractivity contribution in [1.29, 1.82) is 0 Å². The van der Waals surface area contributed by atoms with Gasteiger partial charge in [0.1, 0.15) is 6.04 Å². The molecular weight excluding hydrogens is 236 g/mol. The molecule has 6 heteroatoms. The Bertz CT molecular complexity index is 347. The normalized spacial score (nSPS) is 32.0. The second-order valence-corrected chi connectivity index (χ2v) is 5.08. The third kappa shape index (κ3) is 2.29. The molecule has 0 aliphatic carbocycles. The number of urea groups is 1. The van der Waals surface area contributed by atoms with Gasteiger partial charge >= 0.3 is 12.0 Å². The first kappa shape index (κ1) is 13.1. The van der Waals surface area contributed by atoms with Crippen molar-refractivity contribution >= 4 is 12.0 Å². The maximum absolute atomic E-state index is 12.4. The number of carboxylic acids is 1. The van der Waals surface area contributed by atoms with Crippen LogP contribution in [0.15, 0.2) is 0 Å². The molecule has 0 aromatic carbocycles. The van der Waals surface area contributed by atoms with E-state index in [4.69, 9.17) is 5.11 Å². The fourth-order valence-corrected chi connectivity index (χ4v) is 2.94. The van der Waals surface area contributed by atoms with Gasteiger partial charge in [-0.2, -0.15) is 0 Å². The summed E-state index contributed by atoms with van der Waals surface area (Å²) in [7, 11) is 0. The van der Waals surface area contributed by atoms with Gasteiger partial charge in [0, 0.05) is 25.6 Å². The first-order chi connectivity index (χ1) is 8.54. The van der Waals surface area contributed by atoms with Crippen molar-refractivity contribution in [3.8, 4) is 0 Å². The molecule has 3 unspecified atom stereocenters. The number of aliphatic hydroxyl groups excluding tert-OH is 1. The van der Waals surface area contributed by atoms with Crippen LogP contribution in [0.2, 0.25) is 0 Å². The van der Waals surface area contributed by atoms with Crippen molar-refractivity contribution < 1.29 is 19.8 Å². The summed E-state index contributed by atoms with van der Waals surface area (Å²) in [5.41, 5.74) is 0. The predicted octanol–water partition coefficient (Wildman–Crippen LogP) is 0.501. The summed E-state index contributed by atoms with van der Waals surface area (Å²) in [5, 5.41) is 18.7. The molecule has 0 aromatic rings. The zero-order valence-corrected chi connectivity index (χ0v) is 10.6. The smallest absolute Gasteiger partial charge is 0.326 e. The van der Waals surface area contributed by atoms with Crippen molar-refractivity contribution in [3.63, 3.8) is 0 Å². The summed E-state index contributed by atoms with van der Waals surface area (Å²) in [5.74, 6) is -1.04. The number of carbonyl (C=O) groups excluding carboxylic acids is 1. The van der Waals surface area contributed by atoms with Gasteiger partial charge in [-0.1, -0.05) is 6.92 Å². The molecular formula is C12H20N2O4. The highest BCUT2D eigenvalue weighted by atomic mass is 16.4. The largest absolute Gasteiger partial charge is 0.480 e. The molecule has 0 radical (unpaired) electrons. The number of amides is 2. The number of likely N-dealkylation sites (tertiary alicyclic amines) is 2. The lowest BCUT2D eigenvalue weighted by atomic mass is 10.2. The van der Waals surface area contributed by atoms with Crippen LogP contribution in [0.3, 0.4) is 0 Å². The van der Waals surface area contributed by atoms with Crippen molar-refractivity contribution in [2.75, 3.05) is 13.1 Å². The molecule has 102 valence electrons. The van der Waals surface area contributed by atoms with Crippen molar-refractivity contribution in [2.45, 2.75) is 50.8 Å². The number of rotatable bonds is 2. The molecule has 2 N–H and O–H groups in total. The Balaban J connectivity index is 2.10. The van der Waals surface area contributed by atoms with Crippen molar-refractivity contribution in [3.05, 3.63) is 0 Å². The van der Waals surface area contributed by atoms with E-state index in [1.54, 1.807) is 4.90 Å². The lowest BCUT2D eigenvalue weighted by Crippen LogP contribution is -2.49. The quantitative estimate of drug-likeness (QED) is 0.754. The SMILES string of the molecule is CCC1CCCN1C(=O)N1CC(O)CC1C(=O)O. The van der Waals surface area contributed by atoms with Gasteiger partial charge in [-0.05, 0) is 19.3 Å².